The lowest BCUT2D eigenvalue weighted by atomic mass is 10.0. The molecule has 0 saturated carbocycles. The Morgan fingerprint density at radius 2 is 1.88 bits per heavy atom. The Labute approximate surface area is 96.4 Å². The van der Waals surface area contributed by atoms with Crippen LogP contribution < -0.4 is 5.73 Å². The predicted molar refractivity (Wildman–Crippen MR) is 55.0 cm³/mol. The summed E-state index contributed by atoms with van der Waals surface area (Å²) in [6.45, 7) is 0. The average Bonchev–Trinajstić information content (AvgIpc) is 2.27. The maximum Gasteiger partial charge on any atom is 0.416 e. The summed E-state index contributed by atoms with van der Waals surface area (Å²) in [5, 5.41) is 0. The zero-order chi connectivity index (χ0) is 13.1. The van der Waals surface area contributed by atoms with E-state index in [9.17, 15) is 18.0 Å². The van der Waals surface area contributed by atoms with Crippen LogP contribution >= 0.6 is 0 Å². The molecule has 0 aliphatic rings. The molecule has 1 rings (SSSR count). The maximum absolute atomic E-state index is 12.3. The fourth-order valence-electron chi connectivity index (χ4n) is 1.30. The number of methoxy groups -OCH3 is 1. The Balaban J connectivity index is 2.77. The van der Waals surface area contributed by atoms with Gasteiger partial charge in [0.2, 0.25) is 0 Å². The van der Waals surface area contributed by atoms with Crippen LogP contribution in [0.3, 0.4) is 0 Å². The summed E-state index contributed by atoms with van der Waals surface area (Å²) in [5.74, 6) is -0.502. The van der Waals surface area contributed by atoms with Crippen molar-refractivity contribution in [3.05, 3.63) is 35.4 Å². The van der Waals surface area contributed by atoms with Crippen molar-refractivity contribution in [1.29, 1.82) is 0 Å². The largest absolute Gasteiger partial charge is 0.469 e. The predicted octanol–water partition coefficient (Wildman–Crippen LogP) is 2.27. The Kier molecular flexibility index (Phi) is 4.11. The molecule has 0 fully saturated rings. The number of halogens is 3. The summed E-state index contributed by atoms with van der Waals surface area (Å²) in [7, 11) is 1.22. The minimum atomic E-state index is -4.37. The van der Waals surface area contributed by atoms with Gasteiger partial charge in [0.25, 0.3) is 0 Å². The summed E-state index contributed by atoms with van der Waals surface area (Å²) in [5.41, 5.74) is 5.37. The number of benzene rings is 1. The van der Waals surface area contributed by atoms with E-state index in [1.54, 1.807) is 0 Å². The molecule has 17 heavy (non-hydrogen) atoms. The number of esters is 1. The van der Waals surface area contributed by atoms with Gasteiger partial charge < -0.3 is 10.5 Å². The smallest absolute Gasteiger partial charge is 0.416 e. The van der Waals surface area contributed by atoms with Gasteiger partial charge in [0.05, 0.1) is 19.1 Å². The van der Waals surface area contributed by atoms with Crippen molar-refractivity contribution in [3.63, 3.8) is 0 Å². The van der Waals surface area contributed by atoms with Gasteiger partial charge in [-0.2, -0.15) is 13.2 Å². The quantitative estimate of drug-likeness (QED) is 0.833. The van der Waals surface area contributed by atoms with Gasteiger partial charge in [0.15, 0.2) is 0 Å². The molecule has 0 heterocycles. The molecule has 0 saturated heterocycles. The fourth-order valence-corrected chi connectivity index (χ4v) is 1.30. The molecule has 6 heteroatoms. The van der Waals surface area contributed by atoms with Crippen LogP contribution in [0, 0.1) is 0 Å². The third kappa shape index (κ3) is 3.74. The van der Waals surface area contributed by atoms with E-state index in [1.807, 2.05) is 0 Å². The third-order valence-electron chi connectivity index (χ3n) is 2.28. The second-order valence-electron chi connectivity index (χ2n) is 3.51. The van der Waals surface area contributed by atoms with Crippen LogP contribution in [0.25, 0.3) is 0 Å². The molecular formula is C11H12F3NO2. The van der Waals surface area contributed by atoms with Crippen molar-refractivity contribution >= 4 is 5.97 Å². The number of alkyl halides is 3. The van der Waals surface area contributed by atoms with Crippen molar-refractivity contribution in [3.8, 4) is 0 Å². The van der Waals surface area contributed by atoms with E-state index in [0.29, 0.717) is 5.56 Å². The van der Waals surface area contributed by atoms with Crippen LogP contribution in [0.2, 0.25) is 0 Å². The zero-order valence-electron chi connectivity index (χ0n) is 9.12. The number of rotatable bonds is 3. The van der Waals surface area contributed by atoms with Crippen LogP contribution in [-0.2, 0) is 15.7 Å². The van der Waals surface area contributed by atoms with E-state index >= 15 is 0 Å². The molecule has 1 aromatic carbocycles. The topological polar surface area (TPSA) is 52.3 Å². The number of carbonyl (C=O) groups is 1. The summed E-state index contributed by atoms with van der Waals surface area (Å²) >= 11 is 0. The van der Waals surface area contributed by atoms with Crippen molar-refractivity contribution in [2.24, 2.45) is 5.73 Å². The first-order chi connectivity index (χ1) is 7.84. The minimum Gasteiger partial charge on any atom is -0.469 e. The lowest BCUT2D eigenvalue weighted by Gasteiger charge is -2.12. The van der Waals surface area contributed by atoms with E-state index in [0.717, 1.165) is 12.1 Å². The highest BCUT2D eigenvalue weighted by molar-refractivity contribution is 5.70. The van der Waals surface area contributed by atoms with Crippen molar-refractivity contribution in [1.82, 2.24) is 0 Å². The Morgan fingerprint density at radius 1 is 1.35 bits per heavy atom. The number of carbonyl (C=O) groups excluding carboxylic acids is 1. The molecule has 1 atom stereocenters. The van der Waals surface area contributed by atoms with E-state index in [-0.39, 0.29) is 6.42 Å². The normalized spacial score (nSPS) is 13.2. The average molecular weight is 247 g/mol. The summed E-state index contributed by atoms with van der Waals surface area (Å²) in [4.78, 5) is 10.9. The molecule has 0 aliphatic heterocycles. The molecule has 2 N–H and O–H groups in total. The van der Waals surface area contributed by atoms with Crippen LogP contribution in [0.5, 0.6) is 0 Å². The molecular weight excluding hydrogens is 235 g/mol. The van der Waals surface area contributed by atoms with Crippen LogP contribution in [-0.4, -0.2) is 13.1 Å². The number of hydrogen-bond acceptors (Lipinski definition) is 3. The number of hydrogen-bond donors (Lipinski definition) is 1. The van der Waals surface area contributed by atoms with Gasteiger partial charge in [-0.15, -0.1) is 0 Å². The van der Waals surface area contributed by atoms with Gasteiger partial charge >= 0.3 is 12.1 Å². The molecule has 0 aliphatic carbocycles. The molecule has 1 aromatic rings. The highest BCUT2D eigenvalue weighted by Gasteiger charge is 2.30. The monoisotopic (exact) mass is 247 g/mol. The number of ether oxygens (including phenoxy) is 1. The molecule has 0 radical (unpaired) electrons. The minimum absolute atomic E-state index is 0.0676. The van der Waals surface area contributed by atoms with Crippen molar-refractivity contribution in [2.45, 2.75) is 18.6 Å². The molecule has 0 amide bonds. The standard InChI is InChI=1S/C11H12F3NO2/c1-17-10(16)6-9(15)7-2-4-8(5-3-7)11(12,13)14/h2-5,9H,6,15H2,1H3/t9-/m1/s1. The van der Waals surface area contributed by atoms with Gasteiger partial charge in [-0.25, -0.2) is 0 Å². The highest BCUT2D eigenvalue weighted by Crippen LogP contribution is 2.29. The molecule has 3 nitrogen and oxygen atoms in total. The van der Waals surface area contributed by atoms with E-state index in [1.165, 1.54) is 19.2 Å². The second kappa shape index (κ2) is 5.18. The van der Waals surface area contributed by atoms with Crippen molar-refractivity contribution in [2.75, 3.05) is 7.11 Å². The van der Waals surface area contributed by atoms with Gasteiger partial charge in [0, 0.05) is 6.04 Å². The first-order valence-corrected chi connectivity index (χ1v) is 4.84. The third-order valence-corrected chi connectivity index (χ3v) is 2.28. The van der Waals surface area contributed by atoms with E-state index in [2.05, 4.69) is 4.74 Å². The molecule has 0 aromatic heterocycles. The summed E-state index contributed by atoms with van der Waals surface area (Å²) in [6, 6.07) is 3.73. The molecule has 0 spiro atoms. The zero-order valence-corrected chi connectivity index (χ0v) is 9.12. The Bertz CT molecular complexity index is 387. The Morgan fingerprint density at radius 3 is 2.29 bits per heavy atom. The van der Waals surface area contributed by atoms with Gasteiger partial charge in [-0.1, -0.05) is 12.1 Å². The first kappa shape index (κ1) is 13.5. The van der Waals surface area contributed by atoms with E-state index in [4.69, 9.17) is 5.73 Å². The summed E-state index contributed by atoms with van der Waals surface area (Å²) < 4.78 is 41.3. The van der Waals surface area contributed by atoms with Crippen molar-refractivity contribution < 1.29 is 22.7 Å². The SMILES string of the molecule is COC(=O)C[C@@H](N)c1ccc(C(F)(F)F)cc1. The first-order valence-electron chi connectivity index (χ1n) is 4.84. The van der Waals surface area contributed by atoms with E-state index < -0.39 is 23.8 Å². The molecule has 0 bridgehead atoms. The van der Waals surface area contributed by atoms with Gasteiger partial charge in [-0.05, 0) is 17.7 Å². The fraction of sp³-hybridized carbons (Fsp3) is 0.364. The molecule has 0 unspecified atom stereocenters. The van der Waals surface area contributed by atoms with Crippen LogP contribution in [0.1, 0.15) is 23.6 Å². The molecule has 94 valence electrons. The lowest BCUT2D eigenvalue weighted by Crippen LogP contribution is -2.16. The van der Waals surface area contributed by atoms with Crippen LogP contribution in [0.4, 0.5) is 13.2 Å². The van der Waals surface area contributed by atoms with Crippen LogP contribution in [0.15, 0.2) is 24.3 Å². The van der Waals surface area contributed by atoms with Gasteiger partial charge in [0.1, 0.15) is 0 Å². The summed E-state index contributed by atoms with van der Waals surface area (Å²) in [6.07, 6.45) is -4.44. The van der Waals surface area contributed by atoms with Gasteiger partial charge in [-0.3, -0.25) is 4.79 Å². The second-order valence-corrected chi connectivity index (χ2v) is 3.51. The highest BCUT2D eigenvalue weighted by atomic mass is 19.4. The lowest BCUT2D eigenvalue weighted by molar-refractivity contribution is -0.141. The maximum atomic E-state index is 12.3. The Hall–Kier alpha value is -1.56. The number of nitrogens with two attached hydrogens (primary N) is 1.